The van der Waals surface area contributed by atoms with Gasteiger partial charge in [0.1, 0.15) is 5.75 Å². The summed E-state index contributed by atoms with van der Waals surface area (Å²) < 4.78 is 41.8. The molecule has 3 aromatic carbocycles. The summed E-state index contributed by atoms with van der Waals surface area (Å²) in [6.07, 6.45) is 0. The number of aromatic nitrogens is 1. The SMILES string of the molecule is CCOCCn1c(=NC(=O)c2cccc(NS(=O)(=O)c3ccc(C)cc3)c2)sc2cc(OC)ccc21. The van der Waals surface area contributed by atoms with Gasteiger partial charge in [-0.05, 0) is 62.4 Å². The molecule has 0 bridgehead atoms. The Morgan fingerprint density at radius 3 is 2.58 bits per heavy atom. The number of ether oxygens (including phenoxy) is 2. The molecule has 0 saturated carbocycles. The highest BCUT2D eigenvalue weighted by Gasteiger charge is 2.15. The number of anilines is 1. The maximum Gasteiger partial charge on any atom is 0.279 e. The summed E-state index contributed by atoms with van der Waals surface area (Å²) in [7, 11) is -2.19. The standard InChI is InChI=1S/C26H27N3O5S2/c1-4-34-15-14-29-23-13-10-21(33-3)17-24(23)35-26(29)27-25(30)19-6-5-7-20(16-19)28-36(31,32)22-11-8-18(2)9-12-22/h5-13,16-17,28H,4,14-15H2,1-3H3. The lowest BCUT2D eigenvalue weighted by Gasteiger charge is -2.09. The molecule has 0 spiro atoms. The zero-order chi connectivity index (χ0) is 25.7. The van der Waals surface area contributed by atoms with Gasteiger partial charge in [-0.3, -0.25) is 9.52 Å². The van der Waals surface area contributed by atoms with Gasteiger partial charge in [0.25, 0.3) is 15.9 Å². The van der Waals surface area contributed by atoms with Gasteiger partial charge in [-0.2, -0.15) is 4.99 Å². The fraction of sp³-hybridized carbons (Fsp3) is 0.231. The van der Waals surface area contributed by atoms with Crippen molar-refractivity contribution < 1.29 is 22.7 Å². The largest absolute Gasteiger partial charge is 0.497 e. The highest BCUT2D eigenvalue weighted by atomic mass is 32.2. The fourth-order valence-electron chi connectivity index (χ4n) is 3.58. The average molecular weight is 526 g/mol. The molecule has 1 amide bonds. The normalized spacial score (nSPS) is 12.1. The maximum atomic E-state index is 13.1. The molecule has 0 saturated heterocycles. The van der Waals surface area contributed by atoms with Gasteiger partial charge in [0.2, 0.25) is 0 Å². The predicted octanol–water partition coefficient (Wildman–Crippen LogP) is 4.60. The molecule has 4 aromatic rings. The van der Waals surface area contributed by atoms with Crippen molar-refractivity contribution in [3.8, 4) is 5.75 Å². The summed E-state index contributed by atoms with van der Waals surface area (Å²) in [6, 6.07) is 18.5. The number of nitrogens with zero attached hydrogens (tertiary/aromatic N) is 2. The molecule has 1 heterocycles. The Hall–Kier alpha value is -3.47. The smallest absolute Gasteiger partial charge is 0.279 e. The quantitative estimate of drug-likeness (QED) is 0.322. The Labute approximate surface area is 213 Å². The summed E-state index contributed by atoms with van der Waals surface area (Å²) in [6.45, 7) is 5.41. The van der Waals surface area contributed by atoms with Gasteiger partial charge >= 0.3 is 0 Å². The number of carbonyl (C=O) groups is 1. The van der Waals surface area contributed by atoms with Crippen LogP contribution in [-0.2, 0) is 21.3 Å². The van der Waals surface area contributed by atoms with Gasteiger partial charge in [-0.25, -0.2) is 8.42 Å². The molecule has 36 heavy (non-hydrogen) atoms. The van der Waals surface area contributed by atoms with Crippen molar-refractivity contribution in [2.45, 2.75) is 25.3 Å². The van der Waals surface area contributed by atoms with Crippen LogP contribution in [-0.4, -0.2) is 39.2 Å². The Kier molecular flexibility index (Phi) is 7.88. The monoisotopic (exact) mass is 525 g/mol. The number of hydrogen-bond acceptors (Lipinski definition) is 6. The number of hydrogen-bond donors (Lipinski definition) is 1. The zero-order valence-electron chi connectivity index (χ0n) is 20.2. The van der Waals surface area contributed by atoms with Crippen molar-refractivity contribution in [1.82, 2.24) is 4.57 Å². The summed E-state index contributed by atoms with van der Waals surface area (Å²) >= 11 is 1.38. The van der Waals surface area contributed by atoms with Crippen molar-refractivity contribution in [2.75, 3.05) is 25.0 Å². The fourth-order valence-corrected chi connectivity index (χ4v) is 5.71. The Bertz CT molecular complexity index is 1550. The number of nitrogens with one attached hydrogen (secondary N) is 1. The molecule has 0 radical (unpaired) electrons. The maximum absolute atomic E-state index is 13.1. The zero-order valence-corrected chi connectivity index (χ0v) is 21.9. The number of sulfonamides is 1. The number of rotatable bonds is 9. The molecular weight excluding hydrogens is 498 g/mol. The van der Waals surface area contributed by atoms with E-state index in [1.165, 1.54) is 17.4 Å². The Morgan fingerprint density at radius 1 is 1.08 bits per heavy atom. The van der Waals surface area contributed by atoms with Crippen LogP contribution >= 0.6 is 11.3 Å². The van der Waals surface area contributed by atoms with Crippen LogP contribution in [0.1, 0.15) is 22.8 Å². The van der Waals surface area contributed by atoms with Gasteiger partial charge in [0.05, 0.1) is 28.8 Å². The minimum Gasteiger partial charge on any atom is -0.497 e. The summed E-state index contributed by atoms with van der Waals surface area (Å²) in [5, 5.41) is 0. The van der Waals surface area contributed by atoms with E-state index in [4.69, 9.17) is 9.47 Å². The van der Waals surface area contributed by atoms with Crippen LogP contribution in [0.3, 0.4) is 0 Å². The number of amides is 1. The van der Waals surface area contributed by atoms with E-state index >= 15 is 0 Å². The van der Waals surface area contributed by atoms with Crippen LogP contribution in [0, 0.1) is 6.92 Å². The molecular formula is C26H27N3O5S2. The first kappa shape index (κ1) is 25.6. The molecule has 4 rings (SSSR count). The summed E-state index contributed by atoms with van der Waals surface area (Å²) in [4.78, 5) is 18.2. The second-order valence-corrected chi connectivity index (χ2v) is 10.7. The number of fused-ring (bicyclic) bond motifs is 1. The van der Waals surface area contributed by atoms with E-state index in [0.29, 0.717) is 30.3 Å². The topological polar surface area (TPSA) is 99.0 Å². The van der Waals surface area contributed by atoms with E-state index < -0.39 is 15.9 Å². The minimum absolute atomic E-state index is 0.144. The van der Waals surface area contributed by atoms with Crippen molar-refractivity contribution >= 4 is 43.2 Å². The predicted molar refractivity (Wildman–Crippen MR) is 141 cm³/mol. The molecule has 0 aliphatic rings. The average Bonchev–Trinajstić information content (AvgIpc) is 3.20. The number of thiazole rings is 1. The lowest BCUT2D eigenvalue weighted by Crippen LogP contribution is -2.20. The molecule has 1 N–H and O–H groups in total. The number of methoxy groups -OCH3 is 1. The van der Waals surface area contributed by atoms with E-state index in [1.54, 1.807) is 49.6 Å². The van der Waals surface area contributed by atoms with Crippen molar-refractivity contribution in [3.05, 3.63) is 82.7 Å². The van der Waals surface area contributed by atoms with Gasteiger partial charge in [-0.1, -0.05) is 35.1 Å². The number of benzene rings is 3. The van der Waals surface area contributed by atoms with Crippen LogP contribution in [0.15, 0.2) is 76.6 Å². The van der Waals surface area contributed by atoms with Crippen LogP contribution in [0.4, 0.5) is 5.69 Å². The van der Waals surface area contributed by atoms with Crippen LogP contribution in [0.2, 0.25) is 0 Å². The van der Waals surface area contributed by atoms with Crippen molar-refractivity contribution in [3.63, 3.8) is 0 Å². The summed E-state index contributed by atoms with van der Waals surface area (Å²) in [5.41, 5.74) is 2.43. The molecule has 0 aliphatic heterocycles. The molecule has 1 aromatic heterocycles. The third kappa shape index (κ3) is 5.84. The molecule has 0 aliphatic carbocycles. The highest BCUT2D eigenvalue weighted by Crippen LogP contribution is 2.23. The van der Waals surface area contributed by atoms with Crippen molar-refractivity contribution in [1.29, 1.82) is 0 Å². The van der Waals surface area contributed by atoms with Gasteiger partial charge in [-0.15, -0.1) is 0 Å². The van der Waals surface area contributed by atoms with Crippen LogP contribution < -0.4 is 14.3 Å². The first-order valence-corrected chi connectivity index (χ1v) is 13.6. The Balaban J connectivity index is 1.66. The molecule has 0 atom stereocenters. The molecule has 0 unspecified atom stereocenters. The molecule has 188 valence electrons. The van der Waals surface area contributed by atoms with E-state index in [0.717, 1.165) is 15.8 Å². The van der Waals surface area contributed by atoms with E-state index in [-0.39, 0.29) is 16.1 Å². The first-order chi connectivity index (χ1) is 17.3. The molecule has 0 fully saturated rings. The second kappa shape index (κ2) is 11.1. The van der Waals surface area contributed by atoms with Crippen molar-refractivity contribution in [2.24, 2.45) is 4.99 Å². The third-order valence-electron chi connectivity index (χ3n) is 5.44. The second-order valence-electron chi connectivity index (χ2n) is 7.98. The van der Waals surface area contributed by atoms with Gasteiger partial charge in [0, 0.05) is 24.4 Å². The van der Waals surface area contributed by atoms with E-state index in [2.05, 4.69) is 9.71 Å². The molecule has 8 nitrogen and oxygen atoms in total. The van der Waals surface area contributed by atoms with E-state index in [9.17, 15) is 13.2 Å². The summed E-state index contributed by atoms with van der Waals surface area (Å²) in [5.74, 6) is 0.238. The first-order valence-electron chi connectivity index (χ1n) is 11.3. The Morgan fingerprint density at radius 2 is 1.86 bits per heavy atom. The minimum atomic E-state index is -3.79. The van der Waals surface area contributed by atoms with E-state index in [1.807, 2.05) is 36.6 Å². The number of aryl methyl sites for hydroxylation is 1. The van der Waals surface area contributed by atoms with Crippen LogP contribution in [0.5, 0.6) is 5.75 Å². The number of carbonyl (C=O) groups excluding carboxylic acids is 1. The highest BCUT2D eigenvalue weighted by molar-refractivity contribution is 7.92. The third-order valence-corrected chi connectivity index (χ3v) is 7.88. The van der Waals surface area contributed by atoms with Crippen LogP contribution in [0.25, 0.3) is 10.2 Å². The molecule has 10 heteroatoms. The lowest BCUT2D eigenvalue weighted by atomic mass is 10.2. The lowest BCUT2D eigenvalue weighted by molar-refractivity contribution is 0.0996. The van der Waals surface area contributed by atoms with Gasteiger partial charge < -0.3 is 14.0 Å². The van der Waals surface area contributed by atoms with Gasteiger partial charge in [0.15, 0.2) is 4.80 Å².